The van der Waals surface area contributed by atoms with Gasteiger partial charge in [0, 0.05) is 30.2 Å². The topological polar surface area (TPSA) is 38.3 Å². The molecular weight excluding hydrogens is 319 g/mol. The molecule has 22 heavy (non-hydrogen) atoms. The lowest BCUT2D eigenvalue weighted by atomic mass is 9.74. The molecule has 3 nitrogen and oxygen atoms in total. The van der Waals surface area contributed by atoms with Crippen molar-refractivity contribution in [2.75, 3.05) is 19.8 Å². The largest absolute Gasteiger partial charge is 0.397 e. The molecule has 0 spiro atoms. The zero-order valence-electron chi connectivity index (χ0n) is 11.9. The molecule has 0 atom stereocenters. The maximum atomic E-state index is 12.3. The molecule has 1 N–H and O–H groups in total. The van der Waals surface area contributed by atoms with Gasteiger partial charge in [0.15, 0.2) is 0 Å². The number of hydrogen-bond donors (Lipinski definition) is 1. The fourth-order valence-corrected chi connectivity index (χ4v) is 3.04. The SMILES string of the molecule is O=C(CC(F)(F)F)NCC1(c2ccccc2Cl)CCOCC1. The average Bonchev–Trinajstić information content (AvgIpc) is 2.45. The molecule has 1 saturated heterocycles. The summed E-state index contributed by atoms with van der Waals surface area (Å²) in [7, 11) is 0. The molecule has 0 bridgehead atoms. The summed E-state index contributed by atoms with van der Waals surface area (Å²) in [6, 6.07) is 7.21. The number of benzene rings is 1. The van der Waals surface area contributed by atoms with Crippen LogP contribution in [0.5, 0.6) is 0 Å². The summed E-state index contributed by atoms with van der Waals surface area (Å²) in [5.41, 5.74) is 0.352. The van der Waals surface area contributed by atoms with E-state index in [0.717, 1.165) is 5.56 Å². The van der Waals surface area contributed by atoms with Crippen molar-refractivity contribution in [1.29, 1.82) is 0 Å². The Bertz CT molecular complexity index is 528. The van der Waals surface area contributed by atoms with E-state index in [0.29, 0.717) is 31.1 Å². The van der Waals surface area contributed by atoms with E-state index >= 15 is 0 Å². The molecule has 1 aromatic carbocycles. The van der Waals surface area contributed by atoms with Crippen LogP contribution in [0, 0.1) is 0 Å². The minimum Gasteiger partial charge on any atom is -0.381 e. The van der Waals surface area contributed by atoms with Gasteiger partial charge in [0.1, 0.15) is 6.42 Å². The number of alkyl halides is 3. The molecule has 1 heterocycles. The van der Waals surface area contributed by atoms with Crippen LogP contribution < -0.4 is 5.32 Å². The van der Waals surface area contributed by atoms with E-state index in [1.165, 1.54) is 0 Å². The minimum absolute atomic E-state index is 0.120. The molecule has 7 heteroatoms. The lowest BCUT2D eigenvalue weighted by Crippen LogP contribution is -2.45. The minimum atomic E-state index is -4.50. The highest BCUT2D eigenvalue weighted by molar-refractivity contribution is 6.31. The lowest BCUT2D eigenvalue weighted by molar-refractivity contribution is -0.154. The number of ether oxygens (including phenoxy) is 1. The van der Waals surface area contributed by atoms with Gasteiger partial charge in [-0.25, -0.2) is 0 Å². The third kappa shape index (κ3) is 4.36. The quantitative estimate of drug-likeness (QED) is 0.915. The van der Waals surface area contributed by atoms with E-state index in [1.807, 2.05) is 12.1 Å². The van der Waals surface area contributed by atoms with Gasteiger partial charge in [-0.15, -0.1) is 0 Å². The summed E-state index contributed by atoms with van der Waals surface area (Å²) in [6.45, 7) is 1.09. The summed E-state index contributed by atoms with van der Waals surface area (Å²) in [5, 5.41) is 2.95. The number of amides is 1. The molecule has 0 saturated carbocycles. The van der Waals surface area contributed by atoms with Crippen molar-refractivity contribution in [3.8, 4) is 0 Å². The molecule has 122 valence electrons. The van der Waals surface area contributed by atoms with E-state index < -0.39 is 23.9 Å². The van der Waals surface area contributed by atoms with Crippen molar-refractivity contribution < 1.29 is 22.7 Å². The summed E-state index contributed by atoms with van der Waals surface area (Å²) < 4.78 is 42.1. The van der Waals surface area contributed by atoms with Gasteiger partial charge in [-0.2, -0.15) is 13.2 Å². The Labute approximate surface area is 131 Å². The molecule has 1 aliphatic heterocycles. The number of carbonyl (C=O) groups excluding carboxylic acids is 1. The normalized spacial score (nSPS) is 18.0. The van der Waals surface area contributed by atoms with Crippen LogP contribution in [-0.4, -0.2) is 31.8 Å². The summed E-state index contributed by atoms with van der Waals surface area (Å²) in [5.74, 6) is -1.02. The monoisotopic (exact) mass is 335 g/mol. The fraction of sp³-hybridized carbons (Fsp3) is 0.533. The molecule has 0 aromatic heterocycles. The second-order valence-electron chi connectivity index (χ2n) is 5.44. The molecule has 1 fully saturated rings. The van der Waals surface area contributed by atoms with E-state index in [9.17, 15) is 18.0 Å². The van der Waals surface area contributed by atoms with Crippen molar-refractivity contribution in [3.63, 3.8) is 0 Å². The molecule has 0 unspecified atom stereocenters. The van der Waals surface area contributed by atoms with Crippen LogP contribution in [0.3, 0.4) is 0 Å². The van der Waals surface area contributed by atoms with Crippen molar-refractivity contribution >= 4 is 17.5 Å². The van der Waals surface area contributed by atoms with Gasteiger partial charge >= 0.3 is 6.18 Å². The molecule has 0 aliphatic carbocycles. The number of carbonyl (C=O) groups is 1. The smallest absolute Gasteiger partial charge is 0.381 e. The summed E-state index contributed by atoms with van der Waals surface area (Å²) in [4.78, 5) is 11.5. The van der Waals surface area contributed by atoms with E-state index in [2.05, 4.69) is 5.32 Å². The highest BCUT2D eigenvalue weighted by Gasteiger charge is 2.37. The number of rotatable bonds is 4. The molecule has 2 rings (SSSR count). The molecule has 0 radical (unpaired) electrons. The second-order valence-corrected chi connectivity index (χ2v) is 5.85. The maximum absolute atomic E-state index is 12.3. The predicted molar refractivity (Wildman–Crippen MR) is 76.9 cm³/mol. The summed E-state index contributed by atoms with van der Waals surface area (Å²) >= 11 is 6.24. The highest BCUT2D eigenvalue weighted by Crippen LogP contribution is 2.38. The third-order valence-electron chi connectivity index (χ3n) is 3.88. The Morgan fingerprint density at radius 1 is 1.27 bits per heavy atom. The lowest BCUT2D eigenvalue weighted by Gasteiger charge is -2.38. The molecular formula is C15H17ClF3NO2. The Balaban J connectivity index is 2.13. The number of hydrogen-bond acceptors (Lipinski definition) is 2. The van der Waals surface area contributed by atoms with Crippen LogP contribution in [0.2, 0.25) is 5.02 Å². The van der Waals surface area contributed by atoms with Crippen molar-refractivity contribution in [1.82, 2.24) is 5.32 Å². The third-order valence-corrected chi connectivity index (χ3v) is 4.21. The van der Waals surface area contributed by atoms with Crippen LogP contribution in [0.15, 0.2) is 24.3 Å². The van der Waals surface area contributed by atoms with Gasteiger partial charge in [-0.1, -0.05) is 29.8 Å². The van der Waals surface area contributed by atoms with Crippen molar-refractivity contribution in [2.45, 2.75) is 30.9 Å². The molecule has 1 aliphatic rings. The van der Waals surface area contributed by atoms with Gasteiger partial charge in [0.05, 0.1) is 0 Å². The van der Waals surface area contributed by atoms with Crippen LogP contribution in [0.1, 0.15) is 24.8 Å². The number of nitrogens with one attached hydrogen (secondary N) is 1. The first-order chi connectivity index (χ1) is 10.3. The number of halogens is 4. The fourth-order valence-electron chi connectivity index (χ4n) is 2.71. The molecule has 1 aromatic rings. The van der Waals surface area contributed by atoms with Crippen molar-refractivity contribution in [3.05, 3.63) is 34.9 Å². The first-order valence-corrected chi connectivity index (χ1v) is 7.36. The Morgan fingerprint density at radius 3 is 2.50 bits per heavy atom. The highest BCUT2D eigenvalue weighted by atomic mass is 35.5. The van der Waals surface area contributed by atoms with Crippen LogP contribution in [0.4, 0.5) is 13.2 Å². The van der Waals surface area contributed by atoms with E-state index in [1.54, 1.807) is 12.1 Å². The first kappa shape index (κ1) is 17.1. The summed E-state index contributed by atoms with van der Waals surface area (Å²) in [6.07, 6.45) is -4.77. The second kappa shape index (κ2) is 6.87. The molecule has 1 amide bonds. The van der Waals surface area contributed by atoms with Crippen LogP contribution in [-0.2, 0) is 14.9 Å². The van der Waals surface area contributed by atoms with Gasteiger partial charge in [-0.3, -0.25) is 4.79 Å². The standard InChI is InChI=1S/C15H17ClF3NO2/c16-12-4-2-1-3-11(12)14(5-7-22-8-6-14)10-20-13(21)9-15(17,18)19/h1-4H,5-10H2,(H,20,21). The maximum Gasteiger partial charge on any atom is 0.397 e. The zero-order valence-corrected chi connectivity index (χ0v) is 12.6. The predicted octanol–water partition coefficient (Wildman–Crippen LogP) is 3.46. The van der Waals surface area contributed by atoms with Gasteiger partial charge in [-0.05, 0) is 24.5 Å². The van der Waals surface area contributed by atoms with Crippen molar-refractivity contribution in [2.24, 2.45) is 0 Å². The first-order valence-electron chi connectivity index (χ1n) is 6.99. The van der Waals surface area contributed by atoms with Crippen LogP contribution in [0.25, 0.3) is 0 Å². The van der Waals surface area contributed by atoms with Gasteiger partial charge < -0.3 is 10.1 Å². The Kier molecular flexibility index (Phi) is 5.34. The van der Waals surface area contributed by atoms with Crippen LogP contribution >= 0.6 is 11.6 Å². The zero-order chi connectivity index (χ0) is 16.2. The van der Waals surface area contributed by atoms with E-state index in [-0.39, 0.29) is 6.54 Å². The van der Waals surface area contributed by atoms with E-state index in [4.69, 9.17) is 16.3 Å². The van der Waals surface area contributed by atoms with Gasteiger partial charge in [0.2, 0.25) is 5.91 Å². The Morgan fingerprint density at radius 2 is 1.91 bits per heavy atom. The van der Waals surface area contributed by atoms with Gasteiger partial charge in [0.25, 0.3) is 0 Å². The Hall–Kier alpha value is -1.27. The average molecular weight is 336 g/mol.